The van der Waals surface area contributed by atoms with Gasteiger partial charge >= 0.3 is 0 Å². The van der Waals surface area contributed by atoms with E-state index in [9.17, 15) is 19.8 Å². The van der Waals surface area contributed by atoms with Gasteiger partial charge in [-0.25, -0.2) is 0 Å². The number of carbonyl (C=O) groups is 2. The minimum Gasteiger partial charge on any atom is -0.545 e. The van der Waals surface area contributed by atoms with E-state index in [2.05, 4.69) is 9.80 Å². The highest BCUT2D eigenvalue weighted by atomic mass is 32.1. The van der Waals surface area contributed by atoms with Gasteiger partial charge in [-0.15, -0.1) is 11.3 Å². The van der Waals surface area contributed by atoms with Gasteiger partial charge in [0.25, 0.3) is 0 Å². The predicted molar refractivity (Wildman–Crippen MR) is 145 cm³/mol. The maximum absolute atomic E-state index is 12.6. The number of fused-ring (bicyclic) bond motifs is 3. The quantitative estimate of drug-likeness (QED) is 0.406. The summed E-state index contributed by atoms with van der Waals surface area (Å²) in [5.41, 5.74) is 2.10. The van der Waals surface area contributed by atoms with Gasteiger partial charge in [0.05, 0.1) is 11.9 Å². The average Bonchev–Trinajstić information content (AvgIpc) is 3.27. The average molecular weight is 521 g/mol. The zero-order chi connectivity index (χ0) is 25.8. The molecule has 0 bridgehead atoms. The van der Waals surface area contributed by atoms with E-state index in [4.69, 9.17) is 0 Å². The first-order valence-electron chi connectivity index (χ1n) is 13.9. The maximum Gasteiger partial charge on any atom is 0.0721 e. The summed E-state index contributed by atoms with van der Waals surface area (Å²) in [6, 6.07) is 7.06. The van der Waals surface area contributed by atoms with Gasteiger partial charge in [-0.2, -0.15) is 0 Å². The van der Waals surface area contributed by atoms with Gasteiger partial charge in [-0.05, 0) is 126 Å². The third-order valence-corrected chi connectivity index (χ3v) is 9.22. The summed E-state index contributed by atoms with van der Waals surface area (Å²) in [4.78, 5) is 29.2. The highest BCUT2D eigenvalue weighted by molar-refractivity contribution is 7.25. The van der Waals surface area contributed by atoms with Gasteiger partial charge in [-0.1, -0.05) is 18.9 Å². The number of thiophene rings is 1. The van der Waals surface area contributed by atoms with E-state index < -0.39 is 11.9 Å². The number of carboxylic acids is 2. The van der Waals surface area contributed by atoms with Crippen LogP contribution < -0.4 is 10.2 Å². The molecule has 2 fully saturated rings. The fraction of sp³-hybridized carbons (Fsp3) is 0.533. The van der Waals surface area contributed by atoms with Crippen molar-refractivity contribution in [1.29, 1.82) is 0 Å². The minimum absolute atomic E-state index is 0.118. The molecule has 2 aliphatic heterocycles. The molecule has 0 atom stereocenters. The van der Waals surface area contributed by atoms with Crippen molar-refractivity contribution in [3.8, 4) is 0 Å². The van der Waals surface area contributed by atoms with Crippen molar-refractivity contribution in [2.75, 3.05) is 39.3 Å². The van der Waals surface area contributed by atoms with Crippen LogP contribution in [0.2, 0.25) is 0 Å². The Morgan fingerprint density at radius 1 is 0.757 bits per heavy atom. The molecule has 0 spiro atoms. The van der Waals surface area contributed by atoms with E-state index in [0.717, 1.165) is 83.4 Å². The molecule has 2 aromatic carbocycles. The molecule has 0 amide bonds. The molecule has 0 unspecified atom stereocenters. The maximum atomic E-state index is 12.6. The van der Waals surface area contributed by atoms with Crippen LogP contribution in [0.15, 0.2) is 24.3 Å². The SMILES string of the molecule is O=C([O-])c1ccc2sc3cc(CCCN4CCCCC4)c(C(=O)[O-])c(CCCN4CCCCC4)c3c2c1. The summed E-state index contributed by atoms with van der Waals surface area (Å²) >= 11 is 1.61. The van der Waals surface area contributed by atoms with Crippen LogP contribution in [0.3, 0.4) is 0 Å². The number of hydrogen-bond acceptors (Lipinski definition) is 7. The van der Waals surface area contributed by atoms with Crippen molar-refractivity contribution in [3.05, 3.63) is 46.5 Å². The number of rotatable bonds is 10. The van der Waals surface area contributed by atoms with Gasteiger partial charge in [0.15, 0.2) is 0 Å². The first kappa shape index (κ1) is 26.1. The van der Waals surface area contributed by atoms with Crippen molar-refractivity contribution in [3.63, 3.8) is 0 Å². The molecule has 37 heavy (non-hydrogen) atoms. The second-order valence-corrected chi connectivity index (χ2v) is 11.7. The number of hydrogen-bond donors (Lipinski definition) is 0. The molecule has 0 N–H and O–H groups in total. The van der Waals surface area contributed by atoms with E-state index in [1.54, 1.807) is 23.5 Å². The van der Waals surface area contributed by atoms with Crippen LogP contribution in [0, 0.1) is 0 Å². The number of aromatic carboxylic acids is 2. The molecule has 3 heterocycles. The number of aryl methyl sites for hydroxylation is 2. The Morgan fingerprint density at radius 3 is 1.97 bits per heavy atom. The standard InChI is InChI=1S/C30H38N2O4S/c33-29(34)22-11-12-25-24(19-22)28-23(10-8-18-32-15-5-2-6-16-32)27(30(35)36)21(20-26(28)37-25)9-7-17-31-13-3-1-4-14-31/h11-12,19-20H,1-10,13-18H2,(H,33,34)(H,35,36)/p-2. The summed E-state index contributed by atoms with van der Waals surface area (Å²) in [7, 11) is 0. The molecule has 2 aliphatic rings. The number of carboxylic acid groups (broad SMARTS) is 2. The molecule has 6 nitrogen and oxygen atoms in total. The molecular weight excluding hydrogens is 484 g/mol. The van der Waals surface area contributed by atoms with Gasteiger partial charge in [0, 0.05) is 25.7 Å². The highest BCUT2D eigenvalue weighted by Crippen LogP contribution is 2.40. The molecular formula is C30H36N2O4S-2. The molecule has 1 aromatic heterocycles. The van der Waals surface area contributed by atoms with Crippen molar-refractivity contribution in [2.45, 2.75) is 64.2 Å². The molecule has 0 radical (unpaired) electrons. The minimum atomic E-state index is -1.22. The van der Waals surface area contributed by atoms with Crippen LogP contribution in [0.5, 0.6) is 0 Å². The van der Waals surface area contributed by atoms with E-state index in [1.165, 1.54) is 38.5 Å². The first-order valence-corrected chi connectivity index (χ1v) is 14.7. The smallest absolute Gasteiger partial charge is 0.0721 e. The number of piperidine rings is 2. The lowest BCUT2D eigenvalue weighted by Gasteiger charge is -2.27. The van der Waals surface area contributed by atoms with Crippen molar-refractivity contribution in [2.24, 2.45) is 0 Å². The number of benzene rings is 2. The molecule has 3 aromatic rings. The lowest BCUT2D eigenvalue weighted by Crippen LogP contribution is -2.31. The third kappa shape index (κ3) is 6.00. The van der Waals surface area contributed by atoms with Gasteiger partial charge in [-0.3, -0.25) is 0 Å². The molecule has 0 saturated carbocycles. The highest BCUT2D eigenvalue weighted by Gasteiger charge is 2.20. The Morgan fingerprint density at radius 2 is 1.38 bits per heavy atom. The molecule has 0 aliphatic carbocycles. The van der Waals surface area contributed by atoms with Crippen LogP contribution >= 0.6 is 11.3 Å². The molecule has 7 heteroatoms. The Balaban J connectivity index is 1.51. The van der Waals surface area contributed by atoms with E-state index in [1.807, 2.05) is 12.1 Å². The van der Waals surface area contributed by atoms with Crippen molar-refractivity contribution >= 4 is 43.4 Å². The fourth-order valence-electron chi connectivity index (χ4n) is 6.25. The lowest BCUT2D eigenvalue weighted by atomic mass is 9.90. The van der Waals surface area contributed by atoms with E-state index in [-0.39, 0.29) is 5.56 Å². The zero-order valence-electron chi connectivity index (χ0n) is 21.6. The normalized spacial score (nSPS) is 17.5. The molecule has 198 valence electrons. The number of nitrogens with zero attached hydrogens (tertiary/aromatic N) is 2. The zero-order valence-corrected chi connectivity index (χ0v) is 22.4. The second kappa shape index (κ2) is 11.9. The van der Waals surface area contributed by atoms with Crippen LogP contribution in [0.1, 0.15) is 83.2 Å². The Hall–Kier alpha value is -2.48. The van der Waals surface area contributed by atoms with Crippen molar-refractivity contribution in [1.82, 2.24) is 9.80 Å². The largest absolute Gasteiger partial charge is 0.545 e. The summed E-state index contributed by atoms with van der Waals surface area (Å²) in [6.45, 7) is 6.40. The monoisotopic (exact) mass is 520 g/mol. The van der Waals surface area contributed by atoms with Crippen LogP contribution in [0.4, 0.5) is 0 Å². The summed E-state index contributed by atoms with van der Waals surface area (Å²) in [6.07, 6.45) is 10.6. The molecule has 5 rings (SSSR count). The number of likely N-dealkylation sites (tertiary alicyclic amines) is 2. The third-order valence-electron chi connectivity index (χ3n) is 8.10. The topological polar surface area (TPSA) is 86.7 Å². The van der Waals surface area contributed by atoms with E-state index in [0.29, 0.717) is 18.4 Å². The van der Waals surface area contributed by atoms with Crippen molar-refractivity contribution < 1.29 is 19.8 Å². The van der Waals surface area contributed by atoms with Crippen LogP contribution in [-0.2, 0) is 12.8 Å². The summed E-state index contributed by atoms with van der Waals surface area (Å²) in [5.74, 6) is -2.35. The van der Waals surface area contributed by atoms with E-state index >= 15 is 0 Å². The Labute approximate surface area is 222 Å². The molecule has 2 saturated heterocycles. The van der Waals surface area contributed by atoms with Gasteiger partial charge < -0.3 is 29.6 Å². The first-order chi connectivity index (χ1) is 18.0. The predicted octanol–water partition coefficient (Wildman–Crippen LogP) is 3.62. The van der Waals surface area contributed by atoms with Gasteiger partial charge in [0.2, 0.25) is 0 Å². The Bertz CT molecular complexity index is 1270. The second-order valence-electron chi connectivity index (χ2n) is 10.7. The fourth-order valence-corrected chi connectivity index (χ4v) is 7.43. The van der Waals surface area contributed by atoms with Crippen LogP contribution in [-0.4, -0.2) is 61.0 Å². The lowest BCUT2D eigenvalue weighted by molar-refractivity contribution is -0.256. The summed E-state index contributed by atoms with van der Waals surface area (Å²) in [5, 5.41) is 25.9. The van der Waals surface area contributed by atoms with Crippen LogP contribution in [0.25, 0.3) is 20.2 Å². The Kier molecular flexibility index (Phi) is 8.43. The number of carbonyl (C=O) groups excluding carboxylic acids is 2. The summed E-state index contributed by atoms with van der Waals surface area (Å²) < 4.78 is 1.99. The van der Waals surface area contributed by atoms with Gasteiger partial charge in [0.1, 0.15) is 0 Å².